The van der Waals surface area contributed by atoms with Crippen LogP contribution in [-0.2, 0) is 6.54 Å². The van der Waals surface area contributed by atoms with Crippen molar-refractivity contribution in [3.05, 3.63) is 35.8 Å². The fourth-order valence-corrected chi connectivity index (χ4v) is 1.77. The van der Waals surface area contributed by atoms with Gasteiger partial charge < -0.3 is 0 Å². The van der Waals surface area contributed by atoms with Crippen molar-refractivity contribution in [3.8, 4) is 17.3 Å². The molecule has 0 aliphatic carbocycles. The normalized spacial score (nSPS) is 10.3. The van der Waals surface area contributed by atoms with E-state index in [-0.39, 0.29) is 11.5 Å². The van der Waals surface area contributed by atoms with Crippen molar-refractivity contribution in [2.24, 2.45) is 0 Å². The van der Waals surface area contributed by atoms with Crippen LogP contribution in [0.3, 0.4) is 0 Å². The molecule has 18 heavy (non-hydrogen) atoms. The molecule has 1 aromatic heterocycles. The number of hydrogen-bond donors (Lipinski definition) is 0. The summed E-state index contributed by atoms with van der Waals surface area (Å²) >= 11 is 0. The minimum absolute atomic E-state index is 0.233. The molecule has 0 unspecified atom stereocenters. The number of aromatic nitrogens is 3. The predicted molar refractivity (Wildman–Crippen MR) is 65.0 cm³/mol. The molecule has 0 fully saturated rings. The predicted octanol–water partition coefficient (Wildman–Crippen LogP) is 2.76. The Balaban J connectivity index is 2.47. The zero-order valence-corrected chi connectivity index (χ0v) is 10.1. The summed E-state index contributed by atoms with van der Waals surface area (Å²) in [6.45, 7) is 2.75. The number of aryl methyl sites for hydroxylation is 1. The Morgan fingerprint density at radius 3 is 2.94 bits per heavy atom. The maximum absolute atomic E-state index is 13.2. The molecule has 0 N–H and O–H groups in total. The van der Waals surface area contributed by atoms with Crippen LogP contribution in [0.1, 0.15) is 25.5 Å². The van der Waals surface area contributed by atoms with Crippen LogP contribution in [0.5, 0.6) is 0 Å². The average molecular weight is 244 g/mol. The van der Waals surface area contributed by atoms with Crippen molar-refractivity contribution in [2.75, 3.05) is 0 Å². The van der Waals surface area contributed by atoms with Crippen molar-refractivity contribution >= 4 is 0 Å². The smallest absolute Gasteiger partial charge is 0.190 e. The van der Waals surface area contributed by atoms with Gasteiger partial charge in [0.05, 0.1) is 0 Å². The number of rotatable bonds is 4. The van der Waals surface area contributed by atoms with Crippen LogP contribution in [0.15, 0.2) is 24.3 Å². The Bertz CT molecular complexity index is 583. The third-order valence-electron chi connectivity index (χ3n) is 2.66. The molecule has 0 aliphatic heterocycles. The summed E-state index contributed by atoms with van der Waals surface area (Å²) in [7, 11) is 0. The summed E-state index contributed by atoms with van der Waals surface area (Å²) in [6.07, 6.45) is 1.96. The highest BCUT2D eigenvalue weighted by atomic mass is 19.1. The molecule has 4 nitrogen and oxygen atoms in total. The van der Waals surface area contributed by atoms with Crippen molar-refractivity contribution in [2.45, 2.75) is 26.3 Å². The molecule has 92 valence electrons. The molecule has 0 bridgehead atoms. The monoisotopic (exact) mass is 244 g/mol. The molecular formula is C13H13FN4. The first kappa shape index (κ1) is 12.2. The van der Waals surface area contributed by atoms with Gasteiger partial charge in [-0.25, -0.2) is 9.07 Å². The lowest BCUT2D eigenvalue weighted by Gasteiger charge is -2.05. The van der Waals surface area contributed by atoms with Crippen LogP contribution in [-0.4, -0.2) is 15.0 Å². The summed E-state index contributed by atoms with van der Waals surface area (Å²) in [5, 5.41) is 16.8. The van der Waals surface area contributed by atoms with Crippen molar-refractivity contribution in [3.63, 3.8) is 0 Å². The second-order valence-corrected chi connectivity index (χ2v) is 3.99. The molecule has 2 aromatic rings. The van der Waals surface area contributed by atoms with E-state index in [4.69, 9.17) is 5.26 Å². The summed E-state index contributed by atoms with van der Waals surface area (Å²) < 4.78 is 14.9. The van der Waals surface area contributed by atoms with E-state index < -0.39 is 0 Å². The number of benzene rings is 1. The lowest BCUT2D eigenvalue weighted by molar-refractivity contribution is 0.557. The van der Waals surface area contributed by atoms with Crippen LogP contribution in [0, 0.1) is 17.1 Å². The molecule has 2 rings (SSSR count). The minimum atomic E-state index is -0.334. The van der Waals surface area contributed by atoms with E-state index in [0.717, 1.165) is 12.8 Å². The first-order valence-corrected chi connectivity index (χ1v) is 5.85. The number of hydrogen-bond acceptors (Lipinski definition) is 3. The third kappa shape index (κ3) is 2.38. The summed E-state index contributed by atoms with van der Waals surface area (Å²) in [5.74, 6) is -0.334. The largest absolute Gasteiger partial charge is 0.243 e. The summed E-state index contributed by atoms with van der Waals surface area (Å²) in [4.78, 5) is 0. The van der Waals surface area contributed by atoms with Crippen LogP contribution in [0.25, 0.3) is 11.3 Å². The van der Waals surface area contributed by atoms with Crippen LogP contribution in [0.2, 0.25) is 0 Å². The highest BCUT2D eigenvalue weighted by Gasteiger charge is 2.14. The fourth-order valence-electron chi connectivity index (χ4n) is 1.77. The highest BCUT2D eigenvalue weighted by molar-refractivity contribution is 5.64. The van der Waals surface area contributed by atoms with Gasteiger partial charge in [0.25, 0.3) is 0 Å². The van der Waals surface area contributed by atoms with Gasteiger partial charge in [-0.1, -0.05) is 30.7 Å². The van der Waals surface area contributed by atoms with Gasteiger partial charge in [0, 0.05) is 12.1 Å². The molecule has 1 heterocycles. The lowest BCUT2D eigenvalue weighted by Crippen LogP contribution is -2.02. The first-order valence-electron chi connectivity index (χ1n) is 5.85. The number of nitrogens with zero attached hydrogens (tertiary/aromatic N) is 4. The molecular weight excluding hydrogens is 231 g/mol. The topological polar surface area (TPSA) is 54.5 Å². The second-order valence-electron chi connectivity index (χ2n) is 3.99. The Morgan fingerprint density at radius 2 is 2.28 bits per heavy atom. The Morgan fingerprint density at radius 1 is 1.44 bits per heavy atom. The highest BCUT2D eigenvalue weighted by Crippen LogP contribution is 2.22. The van der Waals surface area contributed by atoms with Gasteiger partial charge in [0.1, 0.15) is 17.6 Å². The average Bonchev–Trinajstić information content (AvgIpc) is 2.79. The van der Waals surface area contributed by atoms with Crippen molar-refractivity contribution < 1.29 is 4.39 Å². The zero-order valence-electron chi connectivity index (χ0n) is 10.1. The van der Waals surface area contributed by atoms with Gasteiger partial charge >= 0.3 is 0 Å². The standard InChI is InChI=1S/C13H13FN4/c1-2-3-7-18-13(12(9-15)16-17-18)10-5-4-6-11(14)8-10/h4-6,8H,2-3,7H2,1H3. The minimum Gasteiger partial charge on any atom is -0.243 e. The van der Waals surface area contributed by atoms with E-state index in [2.05, 4.69) is 17.2 Å². The van der Waals surface area contributed by atoms with Gasteiger partial charge in [-0.2, -0.15) is 5.26 Å². The van der Waals surface area contributed by atoms with Gasteiger partial charge in [0.15, 0.2) is 5.69 Å². The molecule has 0 spiro atoms. The van der Waals surface area contributed by atoms with E-state index in [1.165, 1.54) is 12.1 Å². The maximum atomic E-state index is 13.2. The number of unbranched alkanes of at least 4 members (excludes halogenated alkanes) is 1. The fraction of sp³-hybridized carbons (Fsp3) is 0.308. The Kier molecular flexibility index (Phi) is 3.68. The first-order chi connectivity index (χ1) is 8.76. The molecule has 0 amide bonds. The van der Waals surface area contributed by atoms with E-state index in [0.29, 0.717) is 17.8 Å². The van der Waals surface area contributed by atoms with Crippen molar-refractivity contribution in [1.29, 1.82) is 5.26 Å². The third-order valence-corrected chi connectivity index (χ3v) is 2.66. The van der Waals surface area contributed by atoms with Crippen molar-refractivity contribution in [1.82, 2.24) is 15.0 Å². The van der Waals surface area contributed by atoms with Crippen LogP contribution >= 0.6 is 0 Å². The molecule has 5 heteroatoms. The van der Waals surface area contributed by atoms with Crippen LogP contribution < -0.4 is 0 Å². The zero-order chi connectivity index (χ0) is 13.0. The molecule has 0 atom stereocenters. The Hall–Kier alpha value is -2.22. The van der Waals surface area contributed by atoms with Gasteiger partial charge in [-0.15, -0.1) is 5.10 Å². The van der Waals surface area contributed by atoms with Gasteiger partial charge in [-0.3, -0.25) is 0 Å². The van der Waals surface area contributed by atoms with E-state index in [1.54, 1.807) is 16.8 Å². The number of halogens is 1. The molecule has 1 aromatic carbocycles. The SMILES string of the molecule is CCCCn1nnc(C#N)c1-c1cccc(F)c1. The van der Waals surface area contributed by atoms with Gasteiger partial charge in [0.2, 0.25) is 0 Å². The molecule has 0 saturated heterocycles. The lowest BCUT2D eigenvalue weighted by atomic mass is 10.1. The molecule has 0 saturated carbocycles. The van der Waals surface area contributed by atoms with E-state index >= 15 is 0 Å². The van der Waals surface area contributed by atoms with Gasteiger partial charge in [-0.05, 0) is 18.6 Å². The summed E-state index contributed by atoms with van der Waals surface area (Å²) in [6, 6.07) is 8.12. The molecule has 0 radical (unpaired) electrons. The Labute approximate surface area is 105 Å². The quantitative estimate of drug-likeness (QED) is 0.831. The number of nitriles is 1. The maximum Gasteiger partial charge on any atom is 0.190 e. The summed E-state index contributed by atoms with van der Waals surface area (Å²) in [5.41, 5.74) is 1.45. The molecule has 0 aliphatic rings. The second kappa shape index (κ2) is 5.41. The van der Waals surface area contributed by atoms with Crippen LogP contribution in [0.4, 0.5) is 4.39 Å². The van der Waals surface area contributed by atoms with E-state index in [1.807, 2.05) is 6.07 Å². The van der Waals surface area contributed by atoms with E-state index in [9.17, 15) is 4.39 Å².